The Hall–Kier alpha value is -1.46. The van der Waals surface area contributed by atoms with Gasteiger partial charge in [-0.15, -0.1) is 0 Å². The Balaban J connectivity index is 1.79. The molecule has 1 saturated carbocycles. The van der Waals surface area contributed by atoms with Crippen molar-refractivity contribution in [2.75, 3.05) is 6.61 Å². The first kappa shape index (κ1) is 14.0. The number of pyridine rings is 1. The Morgan fingerprint density at radius 1 is 1.47 bits per heavy atom. The molecule has 5 nitrogen and oxygen atoms in total. The highest BCUT2D eigenvalue weighted by atomic mass is 16.3. The van der Waals surface area contributed by atoms with E-state index in [9.17, 15) is 9.90 Å². The molecule has 1 aliphatic carbocycles. The first-order valence-electron chi connectivity index (χ1n) is 6.70. The fourth-order valence-electron chi connectivity index (χ4n) is 2.44. The van der Waals surface area contributed by atoms with E-state index in [0.717, 1.165) is 18.5 Å². The summed E-state index contributed by atoms with van der Waals surface area (Å²) in [5.74, 6) is 0.0672. The van der Waals surface area contributed by atoms with Crippen LogP contribution in [0.15, 0.2) is 24.4 Å². The van der Waals surface area contributed by atoms with Gasteiger partial charge < -0.3 is 16.2 Å². The second kappa shape index (κ2) is 6.12. The molecule has 0 spiro atoms. The third-order valence-electron chi connectivity index (χ3n) is 3.84. The van der Waals surface area contributed by atoms with Gasteiger partial charge in [0, 0.05) is 17.7 Å². The Morgan fingerprint density at radius 3 is 2.79 bits per heavy atom. The van der Waals surface area contributed by atoms with Gasteiger partial charge in [0.25, 0.3) is 0 Å². The molecule has 1 aromatic rings. The molecule has 0 unspecified atom stereocenters. The van der Waals surface area contributed by atoms with Crippen molar-refractivity contribution in [1.29, 1.82) is 0 Å². The van der Waals surface area contributed by atoms with Gasteiger partial charge >= 0.3 is 0 Å². The summed E-state index contributed by atoms with van der Waals surface area (Å²) in [5, 5.41) is 12.1. The van der Waals surface area contributed by atoms with Gasteiger partial charge in [-0.3, -0.25) is 9.78 Å². The standard InChI is InChI=1S/C14H21N3O2/c15-14(10-18)6-4-11(5-7-14)13(19)17-9-12-3-1-2-8-16-12/h1-3,8,11,18H,4-7,9-10,15H2,(H,17,19). The molecule has 1 heterocycles. The number of aliphatic hydroxyl groups excluding tert-OH is 1. The lowest BCUT2D eigenvalue weighted by atomic mass is 9.77. The lowest BCUT2D eigenvalue weighted by Crippen LogP contribution is -2.48. The Labute approximate surface area is 113 Å². The Morgan fingerprint density at radius 2 is 2.21 bits per heavy atom. The minimum atomic E-state index is -0.488. The zero-order chi connectivity index (χ0) is 13.7. The van der Waals surface area contributed by atoms with Crippen molar-refractivity contribution in [3.05, 3.63) is 30.1 Å². The minimum absolute atomic E-state index is 0.00469. The van der Waals surface area contributed by atoms with Crippen LogP contribution >= 0.6 is 0 Å². The van der Waals surface area contributed by atoms with E-state index in [1.807, 2.05) is 18.2 Å². The SMILES string of the molecule is NC1(CO)CCC(C(=O)NCc2ccccn2)CC1. The molecular weight excluding hydrogens is 242 g/mol. The smallest absolute Gasteiger partial charge is 0.223 e. The first-order valence-corrected chi connectivity index (χ1v) is 6.70. The van der Waals surface area contributed by atoms with Crippen LogP contribution in [-0.2, 0) is 11.3 Å². The van der Waals surface area contributed by atoms with E-state index < -0.39 is 5.54 Å². The highest BCUT2D eigenvalue weighted by molar-refractivity contribution is 5.78. The van der Waals surface area contributed by atoms with Crippen LogP contribution in [0.25, 0.3) is 0 Å². The molecule has 0 saturated heterocycles. The number of carbonyl (C=O) groups excluding carboxylic acids is 1. The molecule has 1 aliphatic rings. The van der Waals surface area contributed by atoms with Crippen LogP contribution in [0.2, 0.25) is 0 Å². The van der Waals surface area contributed by atoms with E-state index in [1.54, 1.807) is 6.20 Å². The van der Waals surface area contributed by atoms with Gasteiger partial charge in [0.05, 0.1) is 18.8 Å². The summed E-state index contributed by atoms with van der Waals surface area (Å²) >= 11 is 0. The van der Waals surface area contributed by atoms with Crippen LogP contribution in [0.4, 0.5) is 0 Å². The van der Waals surface area contributed by atoms with Crippen LogP contribution in [0.5, 0.6) is 0 Å². The molecule has 0 aliphatic heterocycles. The summed E-state index contributed by atoms with van der Waals surface area (Å²) in [6.45, 7) is 0.458. The molecule has 1 amide bonds. The maximum absolute atomic E-state index is 12.0. The van der Waals surface area contributed by atoms with Gasteiger partial charge in [0.15, 0.2) is 0 Å². The molecule has 2 rings (SSSR count). The fraction of sp³-hybridized carbons (Fsp3) is 0.571. The molecule has 0 atom stereocenters. The maximum atomic E-state index is 12.0. The molecule has 0 radical (unpaired) electrons. The topological polar surface area (TPSA) is 88.2 Å². The number of hydrogen-bond acceptors (Lipinski definition) is 4. The van der Waals surface area contributed by atoms with Gasteiger partial charge in [-0.05, 0) is 37.8 Å². The number of carbonyl (C=O) groups is 1. The first-order chi connectivity index (χ1) is 9.13. The second-order valence-electron chi connectivity index (χ2n) is 5.33. The second-order valence-corrected chi connectivity index (χ2v) is 5.33. The maximum Gasteiger partial charge on any atom is 0.223 e. The Kier molecular flexibility index (Phi) is 4.50. The average Bonchev–Trinajstić information content (AvgIpc) is 2.47. The third kappa shape index (κ3) is 3.75. The largest absolute Gasteiger partial charge is 0.394 e. The van der Waals surface area contributed by atoms with Crippen molar-refractivity contribution in [3.8, 4) is 0 Å². The molecule has 19 heavy (non-hydrogen) atoms. The highest BCUT2D eigenvalue weighted by Crippen LogP contribution is 2.30. The van der Waals surface area contributed by atoms with Gasteiger partial charge in [0.1, 0.15) is 0 Å². The van der Waals surface area contributed by atoms with Crippen LogP contribution < -0.4 is 11.1 Å². The van der Waals surface area contributed by atoms with Crippen LogP contribution in [-0.4, -0.2) is 28.1 Å². The summed E-state index contributed by atoms with van der Waals surface area (Å²) < 4.78 is 0. The zero-order valence-electron chi connectivity index (χ0n) is 11.0. The number of nitrogens with one attached hydrogen (secondary N) is 1. The normalized spacial score (nSPS) is 26.9. The van der Waals surface area contributed by atoms with E-state index >= 15 is 0 Å². The quantitative estimate of drug-likeness (QED) is 0.741. The third-order valence-corrected chi connectivity index (χ3v) is 3.84. The van der Waals surface area contributed by atoms with Crippen molar-refractivity contribution in [3.63, 3.8) is 0 Å². The minimum Gasteiger partial charge on any atom is -0.394 e. The summed E-state index contributed by atoms with van der Waals surface area (Å²) in [6.07, 6.45) is 4.60. The monoisotopic (exact) mass is 263 g/mol. The number of aliphatic hydroxyl groups is 1. The van der Waals surface area contributed by atoms with Crippen molar-refractivity contribution in [1.82, 2.24) is 10.3 Å². The molecular formula is C14H21N3O2. The van der Waals surface area contributed by atoms with Gasteiger partial charge in [-0.2, -0.15) is 0 Å². The van der Waals surface area contributed by atoms with Crippen molar-refractivity contribution in [2.45, 2.75) is 37.8 Å². The lowest BCUT2D eigenvalue weighted by molar-refractivity contribution is -0.126. The fourth-order valence-corrected chi connectivity index (χ4v) is 2.44. The summed E-state index contributed by atoms with van der Waals surface area (Å²) in [4.78, 5) is 16.2. The van der Waals surface area contributed by atoms with E-state index in [0.29, 0.717) is 19.4 Å². The molecule has 0 bridgehead atoms. The number of hydrogen-bond donors (Lipinski definition) is 3. The van der Waals surface area contributed by atoms with Gasteiger partial charge in [-0.25, -0.2) is 0 Å². The predicted molar refractivity (Wildman–Crippen MR) is 72.0 cm³/mol. The molecule has 4 N–H and O–H groups in total. The molecule has 5 heteroatoms. The molecule has 104 valence electrons. The Bertz CT molecular complexity index is 414. The van der Waals surface area contributed by atoms with Crippen LogP contribution in [0.3, 0.4) is 0 Å². The molecule has 0 aromatic carbocycles. The van der Waals surface area contributed by atoms with E-state index in [-0.39, 0.29) is 18.4 Å². The van der Waals surface area contributed by atoms with Crippen LogP contribution in [0.1, 0.15) is 31.4 Å². The van der Waals surface area contributed by atoms with Gasteiger partial charge in [-0.1, -0.05) is 6.07 Å². The van der Waals surface area contributed by atoms with Gasteiger partial charge in [0.2, 0.25) is 5.91 Å². The molecule has 1 fully saturated rings. The number of nitrogens with two attached hydrogens (primary N) is 1. The molecule has 1 aromatic heterocycles. The van der Waals surface area contributed by atoms with Crippen molar-refractivity contribution < 1.29 is 9.90 Å². The number of rotatable bonds is 4. The summed E-state index contributed by atoms with van der Waals surface area (Å²) in [5.41, 5.74) is 6.36. The van der Waals surface area contributed by atoms with Crippen molar-refractivity contribution in [2.24, 2.45) is 11.7 Å². The van der Waals surface area contributed by atoms with E-state index in [4.69, 9.17) is 5.73 Å². The average molecular weight is 263 g/mol. The van der Waals surface area contributed by atoms with E-state index in [1.165, 1.54) is 0 Å². The number of amides is 1. The van der Waals surface area contributed by atoms with Crippen molar-refractivity contribution >= 4 is 5.91 Å². The lowest BCUT2D eigenvalue weighted by Gasteiger charge is -2.35. The number of aromatic nitrogens is 1. The highest BCUT2D eigenvalue weighted by Gasteiger charge is 2.33. The predicted octanol–water partition coefficient (Wildman–Crippen LogP) is 0.578. The van der Waals surface area contributed by atoms with E-state index in [2.05, 4.69) is 10.3 Å². The summed E-state index contributed by atoms with van der Waals surface area (Å²) in [7, 11) is 0. The van der Waals surface area contributed by atoms with Crippen LogP contribution in [0, 0.1) is 5.92 Å². The zero-order valence-corrected chi connectivity index (χ0v) is 11.0. The number of nitrogens with zero attached hydrogens (tertiary/aromatic N) is 1. The summed E-state index contributed by atoms with van der Waals surface area (Å²) in [6, 6.07) is 5.64.